The predicted molar refractivity (Wildman–Crippen MR) is 102 cm³/mol. The van der Waals surface area contributed by atoms with Crippen LogP contribution in [0.2, 0.25) is 10.0 Å². The second kappa shape index (κ2) is 8.21. The summed E-state index contributed by atoms with van der Waals surface area (Å²) in [7, 11) is 0. The van der Waals surface area contributed by atoms with Gasteiger partial charge in [0.1, 0.15) is 23.0 Å². The van der Waals surface area contributed by atoms with Gasteiger partial charge in [-0.15, -0.1) is 0 Å². The molecule has 0 aliphatic carbocycles. The van der Waals surface area contributed by atoms with E-state index in [1.54, 1.807) is 12.3 Å². The van der Waals surface area contributed by atoms with Gasteiger partial charge in [0.05, 0.1) is 5.52 Å². The van der Waals surface area contributed by atoms with Crippen LogP contribution in [0.1, 0.15) is 17.5 Å². The molecule has 0 spiro atoms. The fraction of sp³-hybridized carbons (Fsp3) is 0.222. The molecule has 5 nitrogen and oxygen atoms in total. The van der Waals surface area contributed by atoms with E-state index in [0.29, 0.717) is 27.7 Å². The fourth-order valence-corrected chi connectivity index (χ4v) is 3.21. The van der Waals surface area contributed by atoms with Gasteiger partial charge in [-0.05, 0) is 48.9 Å². The summed E-state index contributed by atoms with van der Waals surface area (Å²) in [5.74, 6) is 0.720. The number of fused-ring (bicyclic) bond motifs is 1. The third kappa shape index (κ3) is 4.43. The molecule has 0 saturated carbocycles. The van der Waals surface area contributed by atoms with Crippen LogP contribution in [0.25, 0.3) is 11.0 Å². The van der Waals surface area contributed by atoms with Crippen molar-refractivity contribution in [1.29, 1.82) is 5.26 Å². The summed E-state index contributed by atoms with van der Waals surface area (Å²) >= 11 is 12.0. The molecule has 7 heteroatoms. The Morgan fingerprint density at radius 1 is 1.16 bits per heavy atom. The van der Waals surface area contributed by atoms with Crippen LogP contribution in [-0.2, 0) is 6.54 Å². The molecule has 128 valence electrons. The van der Waals surface area contributed by atoms with E-state index >= 15 is 0 Å². The summed E-state index contributed by atoms with van der Waals surface area (Å²) in [6, 6.07) is 11.5. The summed E-state index contributed by atoms with van der Waals surface area (Å²) < 4.78 is 0. The number of nitrogens with zero attached hydrogens (tertiary/aromatic N) is 2. The van der Waals surface area contributed by atoms with Crippen molar-refractivity contribution in [1.82, 2.24) is 15.3 Å². The Kier molecular flexibility index (Phi) is 5.77. The maximum absolute atomic E-state index is 9.33. The monoisotopic (exact) mass is 373 g/mol. The van der Waals surface area contributed by atoms with Gasteiger partial charge in [-0.3, -0.25) is 4.98 Å². The van der Waals surface area contributed by atoms with Crippen LogP contribution >= 0.6 is 23.2 Å². The van der Waals surface area contributed by atoms with Gasteiger partial charge in [-0.25, -0.2) is 0 Å². The number of hydrogen-bond acceptors (Lipinski definition) is 4. The standard InChI is InChI=1S/C18H17Cl2N5/c19-13-7-12(8-14(20)9-13)11-22-4-2-6-24-18-15(10-21)17-16(25-18)3-1-5-23-17/h1,3,5,7-9,22,24-25H,2,4,6,11H2. The largest absolute Gasteiger partial charge is 0.370 e. The van der Waals surface area contributed by atoms with Crippen LogP contribution in [-0.4, -0.2) is 23.1 Å². The minimum Gasteiger partial charge on any atom is -0.370 e. The first-order valence-electron chi connectivity index (χ1n) is 7.93. The molecule has 1 aromatic carbocycles. The van der Waals surface area contributed by atoms with E-state index in [1.165, 1.54) is 0 Å². The lowest BCUT2D eigenvalue weighted by molar-refractivity contribution is 0.663. The molecule has 3 N–H and O–H groups in total. The highest BCUT2D eigenvalue weighted by Gasteiger charge is 2.11. The van der Waals surface area contributed by atoms with Gasteiger partial charge in [0.25, 0.3) is 0 Å². The first-order chi connectivity index (χ1) is 12.2. The normalized spacial score (nSPS) is 10.8. The molecular weight excluding hydrogens is 357 g/mol. The van der Waals surface area contributed by atoms with Crippen molar-refractivity contribution < 1.29 is 0 Å². The fourth-order valence-electron chi connectivity index (χ4n) is 2.63. The third-order valence-corrected chi connectivity index (χ3v) is 4.19. The minimum absolute atomic E-state index is 0.553. The van der Waals surface area contributed by atoms with Crippen molar-refractivity contribution in [3.8, 4) is 6.07 Å². The van der Waals surface area contributed by atoms with Crippen LogP contribution in [0.5, 0.6) is 0 Å². The van der Waals surface area contributed by atoms with E-state index in [-0.39, 0.29) is 0 Å². The van der Waals surface area contributed by atoms with Crippen molar-refractivity contribution in [3.05, 3.63) is 57.7 Å². The molecule has 0 saturated heterocycles. The maximum Gasteiger partial charge on any atom is 0.124 e. The second-order valence-corrected chi connectivity index (χ2v) is 6.49. The van der Waals surface area contributed by atoms with Gasteiger partial charge >= 0.3 is 0 Å². The van der Waals surface area contributed by atoms with E-state index in [0.717, 1.165) is 36.4 Å². The molecule has 0 unspecified atom stereocenters. The zero-order valence-electron chi connectivity index (χ0n) is 13.4. The Morgan fingerprint density at radius 2 is 1.96 bits per heavy atom. The minimum atomic E-state index is 0.553. The highest BCUT2D eigenvalue weighted by Crippen LogP contribution is 2.23. The number of halogens is 2. The Labute approximate surface area is 156 Å². The third-order valence-electron chi connectivity index (χ3n) is 3.75. The van der Waals surface area contributed by atoms with Gasteiger partial charge in [-0.2, -0.15) is 5.26 Å². The number of aromatic nitrogens is 2. The average molecular weight is 374 g/mol. The number of nitriles is 1. The van der Waals surface area contributed by atoms with Crippen LogP contribution in [0.3, 0.4) is 0 Å². The summed E-state index contributed by atoms with van der Waals surface area (Å²) in [6.07, 6.45) is 2.59. The van der Waals surface area contributed by atoms with Gasteiger partial charge in [-0.1, -0.05) is 23.2 Å². The quantitative estimate of drug-likeness (QED) is 0.538. The lowest BCUT2D eigenvalue weighted by Crippen LogP contribution is -2.18. The maximum atomic E-state index is 9.33. The van der Waals surface area contributed by atoms with Gasteiger partial charge in [0.2, 0.25) is 0 Å². The Morgan fingerprint density at radius 3 is 2.72 bits per heavy atom. The number of hydrogen-bond donors (Lipinski definition) is 3. The van der Waals surface area contributed by atoms with E-state index in [4.69, 9.17) is 23.2 Å². The molecule has 0 aliphatic rings. The van der Waals surface area contributed by atoms with E-state index in [1.807, 2.05) is 24.3 Å². The smallest absolute Gasteiger partial charge is 0.124 e. The average Bonchev–Trinajstić information content (AvgIpc) is 2.94. The summed E-state index contributed by atoms with van der Waals surface area (Å²) in [5.41, 5.74) is 3.16. The molecular formula is C18H17Cl2N5. The highest BCUT2D eigenvalue weighted by atomic mass is 35.5. The number of anilines is 1. The zero-order valence-corrected chi connectivity index (χ0v) is 15.0. The molecule has 2 heterocycles. The van der Waals surface area contributed by atoms with Crippen LogP contribution in [0, 0.1) is 11.3 Å². The molecule has 0 fully saturated rings. The highest BCUT2D eigenvalue weighted by molar-refractivity contribution is 6.34. The van der Waals surface area contributed by atoms with Gasteiger partial charge < -0.3 is 15.6 Å². The van der Waals surface area contributed by atoms with E-state index < -0.39 is 0 Å². The van der Waals surface area contributed by atoms with Crippen LogP contribution in [0.4, 0.5) is 5.82 Å². The number of benzene rings is 1. The van der Waals surface area contributed by atoms with Gasteiger partial charge in [0.15, 0.2) is 0 Å². The Hall–Kier alpha value is -2.26. The molecule has 0 atom stereocenters. The lowest BCUT2D eigenvalue weighted by Gasteiger charge is -2.07. The topological polar surface area (TPSA) is 76.5 Å². The number of nitrogens with one attached hydrogen (secondary N) is 3. The van der Waals surface area contributed by atoms with Crippen molar-refractivity contribution in [3.63, 3.8) is 0 Å². The number of aromatic amines is 1. The van der Waals surface area contributed by atoms with Gasteiger partial charge in [0, 0.05) is 29.3 Å². The van der Waals surface area contributed by atoms with Crippen LogP contribution in [0.15, 0.2) is 36.5 Å². The molecule has 0 bridgehead atoms. The Balaban J connectivity index is 1.47. The lowest BCUT2D eigenvalue weighted by atomic mass is 10.2. The second-order valence-electron chi connectivity index (χ2n) is 5.62. The number of H-pyrrole nitrogens is 1. The first kappa shape index (κ1) is 17.6. The molecule has 0 aliphatic heterocycles. The molecule has 0 amide bonds. The summed E-state index contributed by atoms with van der Waals surface area (Å²) in [6.45, 7) is 2.28. The van der Waals surface area contributed by atoms with Crippen molar-refractivity contribution in [2.24, 2.45) is 0 Å². The van der Waals surface area contributed by atoms with Crippen LogP contribution < -0.4 is 10.6 Å². The number of pyridine rings is 1. The van der Waals surface area contributed by atoms with Crippen molar-refractivity contribution in [2.45, 2.75) is 13.0 Å². The first-order valence-corrected chi connectivity index (χ1v) is 8.69. The van der Waals surface area contributed by atoms with E-state index in [2.05, 4.69) is 26.7 Å². The molecule has 3 aromatic rings. The number of rotatable bonds is 7. The van der Waals surface area contributed by atoms with E-state index in [9.17, 15) is 5.26 Å². The molecule has 2 aromatic heterocycles. The SMILES string of the molecule is N#Cc1c(NCCCNCc2cc(Cl)cc(Cl)c2)[nH]c2cccnc12. The summed E-state index contributed by atoms with van der Waals surface area (Å²) in [4.78, 5) is 7.45. The van der Waals surface area contributed by atoms with Crippen molar-refractivity contribution >= 4 is 40.1 Å². The summed E-state index contributed by atoms with van der Waals surface area (Å²) in [5, 5.41) is 17.2. The van der Waals surface area contributed by atoms with Crippen molar-refractivity contribution in [2.75, 3.05) is 18.4 Å². The zero-order chi connectivity index (χ0) is 17.6. The Bertz CT molecular complexity index is 893. The predicted octanol–water partition coefficient (Wildman–Crippen LogP) is 4.33. The molecule has 3 rings (SSSR count). The molecule has 25 heavy (non-hydrogen) atoms. The molecule has 0 radical (unpaired) electrons.